The van der Waals surface area contributed by atoms with Crippen LogP contribution in [-0.2, 0) is 0 Å². The second-order valence-corrected chi connectivity index (χ2v) is 4.81. The van der Waals surface area contributed by atoms with E-state index in [-0.39, 0.29) is 11.4 Å². The van der Waals surface area contributed by atoms with E-state index in [0.29, 0.717) is 17.3 Å². The van der Waals surface area contributed by atoms with Crippen molar-refractivity contribution in [3.05, 3.63) is 65.9 Å². The second-order valence-electron chi connectivity index (χ2n) is 4.81. The Balaban J connectivity index is 1.76. The number of para-hydroxylation sites is 1. The summed E-state index contributed by atoms with van der Waals surface area (Å²) in [4.78, 5) is 16.2. The molecule has 1 aromatic carbocycles. The summed E-state index contributed by atoms with van der Waals surface area (Å²) < 4.78 is 18.5. The molecule has 0 saturated carbocycles. The number of amides is 1. The van der Waals surface area contributed by atoms with Gasteiger partial charge < -0.3 is 15.2 Å². The molecule has 0 aliphatic carbocycles. The minimum atomic E-state index is -0.506. The standard InChI is InChI=1S/C16H13FN4O2/c1-10-8-15(21-23-10)19-11-6-7-18-14(9-11)16(22)20-13-5-3-2-4-12(13)17/h2-9H,1H3,(H,20,22)(H,18,19,21). The zero-order valence-electron chi connectivity index (χ0n) is 12.2. The van der Waals surface area contributed by atoms with Gasteiger partial charge in [-0.25, -0.2) is 4.39 Å². The quantitative estimate of drug-likeness (QED) is 0.770. The summed E-state index contributed by atoms with van der Waals surface area (Å²) in [5.41, 5.74) is 0.871. The van der Waals surface area contributed by atoms with Crippen LogP contribution in [0.15, 0.2) is 53.2 Å². The Hall–Kier alpha value is -3.22. The van der Waals surface area contributed by atoms with Crippen LogP contribution < -0.4 is 10.6 Å². The molecule has 0 aliphatic heterocycles. The minimum absolute atomic E-state index is 0.102. The fourth-order valence-corrected chi connectivity index (χ4v) is 1.95. The molecule has 0 spiro atoms. The average molecular weight is 312 g/mol. The van der Waals surface area contributed by atoms with Gasteiger partial charge in [0.25, 0.3) is 5.91 Å². The summed E-state index contributed by atoms with van der Waals surface area (Å²) in [6.45, 7) is 1.78. The van der Waals surface area contributed by atoms with Gasteiger partial charge in [0.1, 0.15) is 17.3 Å². The molecule has 7 heteroatoms. The number of nitrogens with one attached hydrogen (secondary N) is 2. The first kappa shape index (κ1) is 14.7. The highest BCUT2D eigenvalue weighted by Gasteiger charge is 2.11. The Morgan fingerprint density at radius 2 is 2.04 bits per heavy atom. The van der Waals surface area contributed by atoms with Gasteiger partial charge in [-0.1, -0.05) is 17.3 Å². The third-order valence-electron chi connectivity index (χ3n) is 3.02. The van der Waals surface area contributed by atoms with Crippen LogP contribution in [0.25, 0.3) is 0 Å². The fraction of sp³-hybridized carbons (Fsp3) is 0.0625. The van der Waals surface area contributed by atoms with E-state index in [4.69, 9.17) is 4.52 Å². The Bertz CT molecular complexity index is 847. The molecule has 1 amide bonds. The maximum absolute atomic E-state index is 13.6. The summed E-state index contributed by atoms with van der Waals surface area (Å²) in [5, 5.41) is 9.29. The molecule has 3 rings (SSSR count). The zero-order valence-corrected chi connectivity index (χ0v) is 12.2. The number of carbonyl (C=O) groups is 1. The number of halogens is 1. The van der Waals surface area contributed by atoms with Gasteiger partial charge in [0.15, 0.2) is 5.82 Å². The van der Waals surface area contributed by atoms with E-state index in [2.05, 4.69) is 20.8 Å². The summed E-state index contributed by atoms with van der Waals surface area (Å²) in [7, 11) is 0. The number of hydrogen-bond donors (Lipinski definition) is 2. The predicted octanol–water partition coefficient (Wildman–Crippen LogP) is 3.51. The van der Waals surface area contributed by atoms with Crippen LogP contribution >= 0.6 is 0 Å². The van der Waals surface area contributed by atoms with E-state index in [9.17, 15) is 9.18 Å². The van der Waals surface area contributed by atoms with Gasteiger partial charge in [-0.05, 0) is 31.2 Å². The first-order valence-corrected chi connectivity index (χ1v) is 6.84. The molecule has 23 heavy (non-hydrogen) atoms. The Labute approximate surface area is 131 Å². The smallest absolute Gasteiger partial charge is 0.274 e. The molecule has 0 saturated heterocycles. The first-order valence-electron chi connectivity index (χ1n) is 6.84. The number of aryl methyl sites for hydroxylation is 1. The van der Waals surface area contributed by atoms with E-state index < -0.39 is 11.7 Å². The van der Waals surface area contributed by atoms with Crippen molar-refractivity contribution >= 4 is 23.1 Å². The number of hydrogen-bond acceptors (Lipinski definition) is 5. The molecule has 0 atom stereocenters. The van der Waals surface area contributed by atoms with Gasteiger partial charge in [-0.3, -0.25) is 9.78 Å². The van der Waals surface area contributed by atoms with Crippen LogP contribution in [0, 0.1) is 12.7 Å². The predicted molar refractivity (Wildman–Crippen MR) is 83.1 cm³/mol. The summed E-state index contributed by atoms with van der Waals surface area (Å²) in [6.07, 6.45) is 1.48. The highest BCUT2D eigenvalue weighted by Crippen LogP contribution is 2.18. The molecule has 2 aromatic heterocycles. The lowest BCUT2D eigenvalue weighted by atomic mass is 10.2. The molecular formula is C16H13FN4O2. The molecule has 2 N–H and O–H groups in total. The number of rotatable bonds is 4. The molecule has 0 radical (unpaired) electrons. The number of anilines is 3. The molecule has 0 aliphatic rings. The molecule has 116 valence electrons. The molecule has 0 unspecified atom stereocenters. The SMILES string of the molecule is Cc1cc(Nc2ccnc(C(=O)Nc3ccccc3F)c2)no1. The van der Waals surface area contributed by atoms with Gasteiger partial charge in [-0.2, -0.15) is 0 Å². The van der Waals surface area contributed by atoms with Crippen molar-refractivity contribution in [1.82, 2.24) is 10.1 Å². The highest BCUT2D eigenvalue weighted by atomic mass is 19.1. The third-order valence-corrected chi connectivity index (χ3v) is 3.02. The monoisotopic (exact) mass is 312 g/mol. The Morgan fingerprint density at radius 3 is 2.78 bits per heavy atom. The Morgan fingerprint density at radius 1 is 1.22 bits per heavy atom. The summed E-state index contributed by atoms with van der Waals surface area (Å²) in [5.74, 6) is 0.177. The number of nitrogens with zero attached hydrogens (tertiary/aromatic N) is 2. The molecule has 2 heterocycles. The van der Waals surface area contributed by atoms with Crippen molar-refractivity contribution in [3.8, 4) is 0 Å². The molecular weight excluding hydrogens is 299 g/mol. The third kappa shape index (κ3) is 3.52. The van der Waals surface area contributed by atoms with Crippen molar-refractivity contribution in [2.24, 2.45) is 0 Å². The lowest BCUT2D eigenvalue weighted by Crippen LogP contribution is -2.14. The van der Waals surface area contributed by atoms with Crippen molar-refractivity contribution < 1.29 is 13.7 Å². The Kier molecular flexibility index (Phi) is 4.01. The van der Waals surface area contributed by atoms with Crippen LogP contribution in [0.2, 0.25) is 0 Å². The van der Waals surface area contributed by atoms with Crippen molar-refractivity contribution in [1.29, 1.82) is 0 Å². The van der Waals surface area contributed by atoms with Gasteiger partial charge >= 0.3 is 0 Å². The fourth-order valence-electron chi connectivity index (χ4n) is 1.95. The van der Waals surface area contributed by atoms with Gasteiger partial charge in [0, 0.05) is 18.0 Å². The van der Waals surface area contributed by atoms with Crippen LogP contribution in [-0.4, -0.2) is 16.0 Å². The van der Waals surface area contributed by atoms with Crippen LogP contribution in [0.5, 0.6) is 0 Å². The lowest BCUT2D eigenvalue weighted by Gasteiger charge is -2.07. The zero-order chi connectivity index (χ0) is 16.2. The van der Waals surface area contributed by atoms with Gasteiger partial charge in [0.2, 0.25) is 0 Å². The largest absolute Gasteiger partial charge is 0.360 e. The number of aromatic nitrogens is 2. The van der Waals surface area contributed by atoms with Crippen molar-refractivity contribution in [2.45, 2.75) is 6.92 Å². The lowest BCUT2D eigenvalue weighted by molar-refractivity contribution is 0.102. The maximum Gasteiger partial charge on any atom is 0.274 e. The molecule has 0 bridgehead atoms. The topological polar surface area (TPSA) is 80.0 Å². The molecule has 0 fully saturated rings. The van der Waals surface area contributed by atoms with Crippen LogP contribution in [0.3, 0.4) is 0 Å². The normalized spacial score (nSPS) is 10.3. The highest BCUT2D eigenvalue weighted by molar-refractivity contribution is 6.03. The maximum atomic E-state index is 13.6. The number of benzene rings is 1. The molecule has 6 nitrogen and oxygen atoms in total. The molecule has 3 aromatic rings. The average Bonchev–Trinajstić information content (AvgIpc) is 2.95. The van der Waals surface area contributed by atoms with Crippen LogP contribution in [0.1, 0.15) is 16.2 Å². The second kappa shape index (κ2) is 6.27. The minimum Gasteiger partial charge on any atom is -0.360 e. The van der Waals surface area contributed by atoms with E-state index in [1.165, 1.54) is 18.3 Å². The summed E-state index contributed by atoms with van der Waals surface area (Å²) >= 11 is 0. The van der Waals surface area contributed by atoms with E-state index in [1.54, 1.807) is 37.3 Å². The van der Waals surface area contributed by atoms with E-state index in [1.807, 2.05) is 0 Å². The summed E-state index contributed by atoms with van der Waals surface area (Å²) in [6, 6.07) is 10.9. The number of carbonyl (C=O) groups excluding carboxylic acids is 1. The number of pyridine rings is 1. The van der Waals surface area contributed by atoms with Crippen molar-refractivity contribution in [2.75, 3.05) is 10.6 Å². The van der Waals surface area contributed by atoms with Gasteiger partial charge in [-0.15, -0.1) is 0 Å². The van der Waals surface area contributed by atoms with E-state index in [0.717, 1.165) is 0 Å². The first-order chi connectivity index (χ1) is 11.1. The van der Waals surface area contributed by atoms with Crippen molar-refractivity contribution in [3.63, 3.8) is 0 Å². The van der Waals surface area contributed by atoms with Gasteiger partial charge in [0.05, 0.1) is 5.69 Å². The van der Waals surface area contributed by atoms with Crippen LogP contribution in [0.4, 0.5) is 21.6 Å². The van der Waals surface area contributed by atoms with E-state index >= 15 is 0 Å².